The molecular formula is C19H31IN4O2. The Bertz CT molecular complexity index is 588. The number of amides is 1. The molecule has 1 rings (SSSR count). The number of ether oxygens (including phenoxy) is 1. The van der Waals surface area contributed by atoms with E-state index in [0.717, 1.165) is 16.9 Å². The zero-order valence-electron chi connectivity index (χ0n) is 15.9. The molecule has 1 atom stereocenters. The lowest BCUT2D eigenvalue weighted by Gasteiger charge is -2.15. The maximum absolute atomic E-state index is 12.0. The van der Waals surface area contributed by atoms with Gasteiger partial charge in [-0.15, -0.1) is 24.0 Å². The predicted molar refractivity (Wildman–Crippen MR) is 118 cm³/mol. The van der Waals surface area contributed by atoms with Crippen LogP contribution in [0.1, 0.15) is 45.2 Å². The molecule has 0 aliphatic rings. The van der Waals surface area contributed by atoms with Gasteiger partial charge in [-0.3, -0.25) is 4.79 Å². The SMILES string of the molecule is C=C(C)CN=C(N)NCCCC(=O)NC(C)c1ccc(OCC)cc1.I. The first-order valence-corrected chi connectivity index (χ1v) is 8.62. The number of guanidine groups is 1. The molecule has 1 amide bonds. The van der Waals surface area contributed by atoms with Gasteiger partial charge in [0.1, 0.15) is 5.75 Å². The predicted octanol–water partition coefficient (Wildman–Crippen LogP) is 3.14. The first kappa shape index (κ1) is 24.2. The van der Waals surface area contributed by atoms with Crippen LogP contribution in [-0.2, 0) is 4.79 Å². The Morgan fingerprint density at radius 3 is 2.58 bits per heavy atom. The van der Waals surface area contributed by atoms with Gasteiger partial charge in [-0.2, -0.15) is 0 Å². The van der Waals surface area contributed by atoms with Crippen LogP contribution in [0.5, 0.6) is 5.75 Å². The fraction of sp³-hybridized carbons (Fsp3) is 0.474. The Labute approximate surface area is 173 Å². The van der Waals surface area contributed by atoms with E-state index in [2.05, 4.69) is 22.2 Å². The highest BCUT2D eigenvalue weighted by Gasteiger charge is 2.09. The largest absolute Gasteiger partial charge is 0.494 e. The van der Waals surface area contributed by atoms with E-state index in [1.807, 2.05) is 45.0 Å². The van der Waals surface area contributed by atoms with E-state index in [-0.39, 0.29) is 35.9 Å². The van der Waals surface area contributed by atoms with Gasteiger partial charge in [0.25, 0.3) is 0 Å². The Hall–Kier alpha value is -1.77. The van der Waals surface area contributed by atoms with Crippen molar-refractivity contribution in [3.8, 4) is 5.75 Å². The monoisotopic (exact) mass is 474 g/mol. The molecule has 0 radical (unpaired) electrons. The number of benzene rings is 1. The first-order chi connectivity index (χ1) is 11.9. The molecule has 0 spiro atoms. The normalized spacial score (nSPS) is 11.9. The molecule has 26 heavy (non-hydrogen) atoms. The third-order valence-electron chi connectivity index (χ3n) is 3.47. The van der Waals surface area contributed by atoms with Gasteiger partial charge >= 0.3 is 0 Å². The van der Waals surface area contributed by atoms with Gasteiger partial charge in [0.05, 0.1) is 19.2 Å². The van der Waals surface area contributed by atoms with Crippen molar-refractivity contribution >= 4 is 35.8 Å². The zero-order chi connectivity index (χ0) is 18.7. The molecule has 6 nitrogen and oxygen atoms in total. The quantitative estimate of drug-likeness (QED) is 0.160. The summed E-state index contributed by atoms with van der Waals surface area (Å²) in [5, 5.41) is 5.98. The average molecular weight is 474 g/mol. The van der Waals surface area contributed by atoms with E-state index >= 15 is 0 Å². The summed E-state index contributed by atoms with van der Waals surface area (Å²) >= 11 is 0. The highest BCUT2D eigenvalue weighted by atomic mass is 127. The Morgan fingerprint density at radius 1 is 1.35 bits per heavy atom. The van der Waals surface area contributed by atoms with E-state index in [9.17, 15) is 4.79 Å². The summed E-state index contributed by atoms with van der Waals surface area (Å²) in [6, 6.07) is 7.72. The maximum atomic E-state index is 12.0. The van der Waals surface area contributed by atoms with Crippen LogP contribution < -0.4 is 21.1 Å². The van der Waals surface area contributed by atoms with Crippen LogP contribution in [0, 0.1) is 0 Å². The number of carbonyl (C=O) groups is 1. The summed E-state index contributed by atoms with van der Waals surface area (Å²) in [5.74, 6) is 1.23. The molecule has 0 aromatic heterocycles. The molecular weight excluding hydrogens is 443 g/mol. The summed E-state index contributed by atoms with van der Waals surface area (Å²) in [5.41, 5.74) is 7.71. The molecule has 4 N–H and O–H groups in total. The Kier molecular flexibility index (Phi) is 12.5. The van der Waals surface area contributed by atoms with E-state index in [4.69, 9.17) is 10.5 Å². The van der Waals surface area contributed by atoms with Crippen molar-refractivity contribution in [2.45, 2.75) is 39.7 Å². The molecule has 0 aliphatic carbocycles. The zero-order valence-corrected chi connectivity index (χ0v) is 18.2. The van der Waals surface area contributed by atoms with Gasteiger partial charge in [0.15, 0.2) is 5.96 Å². The summed E-state index contributed by atoms with van der Waals surface area (Å²) in [7, 11) is 0. The van der Waals surface area contributed by atoms with Crippen molar-refractivity contribution in [1.29, 1.82) is 0 Å². The number of hydrogen-bond acceptors (Lipinski definition) is 3. The third kappa shape index (κ3) is 10.3. The average Bonchev–Trinajstić information content (AvgIpc) is 2.57. The second kappa shape index (κ2) is 13.4. The van der Waals surface area contributed by atoms with Gasteiger partial charge in [-0.1, -0.05) is 24.3 Å². The van der Waals surface area contributed by atoms with Crippen LogP contribution in [0.25, 0.3) is 0 Å². The second-order valence-corrected chi connectivity index (χ2v) is 5.98. The van der Waals surface area contributed by atoms with Crippen molar-refractivity contribution in [2.24, 2.45) is 10.7 Å². The van der Waals surface area contributed by atoms with Gasteiger partial charge < -0.3 is 21.1 Å². The number of hydrogen-bond donors (Lipinski definition) is 3. The summed E-state index contributed by atoms with van der Waals surface area (Å²) in [6.45, 7) is 11.3. The summed E-state index contributed by atoms with van der Waals surface area (Å²) in [6.07, 6.45) is 1.12. The molecule has 1 unspecified atom stereocenters. The number of nitrogens with zero attached hydrogens (tertiary/aromatic N) is 1. The number of carbonyl (C=O) groups excluding carboxylic acids is 1. The molecule has 0 saturated carbocycles. The number of nitrogens with one attached hydrogen (secondary N) is 2. The molecule has 0 aliphatic heterocycles. The fourth-order valence-electron chi connectivity index (χ4n) is 2.16. The molecule has 0 saturated heterocycles. The van der Waals surface area contributed by atoms with Crippen molar-refractivity contribution in [3.63, 3.8) is 0 Å². The van der Waals surface area contributed by atoms with Crippen LogP contribution in [0.2, 0.25) is 0 Å². The Morgan fingerprint density at radius 2 is 2.00 bits per heavy atom. The highest BCUT2D eigenvalue weighted by molar-refractivity contribution is 14.0. The summed E-state index contributed by atoms with van der Waals surface area (Å²) in [4.78, 5) is 16.1. The van der Waals surface area contributed by atoms with Gasteiger partial charge in [0, 0.05) is 13.0 Å². The van der Waals surface area contributed by atoms with Crippen molar-refractivity contribution in [3.05, 3.63) is 42.0 Å². The lowest BCUT2D eigenvalue weighted by molar-refractivity contribution is -0.121. The smallest absolute Gasteiger partial charge is 0.220 e. The minimum Gasteiger partial charge on any atom is -0.494 e. The van der Waals surface area contributed by atoms with E-state index in [0.29, 0.717) is 38.5 Å². The molecule has 0 bridgehead atoms. The van der Waals surface area contributed by atoms with E-state index in [1.165, 1.54) is 0 Å². The Balaban J connectivity index is 0.00000625. The summed E-state index contributed by atoms with van der Waals surface area (Å²) < 4.78 is 5.42. The van der Waals surface area contributed by atoms with Crippen LogP contribution in [-0.4, -0.2) is 31.6 Å². The van der Waals surface area contributed by atoms with Crippen molar-refractivity contribution < 1.29 is 9.53 Å². The minimum absolute atomic E-state index is 0. The lowest BCUT2D eigenvalue weighted by atomic mass is 10.1. The maximum Gasteiger partial charge on any atom is 0.220 e. The number of aliphatic imine (C=N–C) groups is 1. The van der Waals surface area contributed by atoms with E-state index < -0.39 is 0 Å². The highest BCUT2D eigenvalue weighted by Crippen LogP contribution is 2.17. The number of halogens is 1. The number of rotatable bonds is 10. The van der Waals surface area contributed by atoms with Crippen LogP contribution >= 0.6 is 24.0 Å². The molecule has 1 aromatic rings. The van der Waals surface area contributed by atoms with Crippen LogP contribution in [0.4, 0.5) is 0 Å². The minimum atomic E-state index is -0.0432. The van der Waals surface area contributed by atoms with Crippen LogP contribution in [0.15, 0.2) is 41.4 Å². The fourth-order valence-corrected chi connectivity index (χ4v) is 2.16. The third-order valence-corrected chi connectivity index (χ3v) is 3.47. The lowest BCUT2D eigenvalue weighted by Crippen LogP contribution is -2.33. The van der Waals surface area contributed by atoms with Gasteiger partial charge in [0.2, 0.25) is 5.91 Å². The molecule has 0 heterocycles. The van der Waals surface area contributed by atoms with Crippen molar-refractivity contribution in [1.82, 2.24) is 10.6 Å². The molecule has 1 aromatic carbocycles. The van der Waals surface area contributed by atoms with Crippen LogP contribution in [0.3, 0.4) is 0 Å². The molecule has 146 valence electrons. The topological polar surface area (TPSA) is 88.7 Å². The second-order valence-electron chi connectivity index (χ2n) is 5.98. The van der Waals surface area contributed by atoms with Crippen molar-refractivity contribution in [2.75, 3.05) is 19.7 Å². The molecule has 7 heteroatoms. The number of nitrogens with two attached hydrogens (primary N) is 1. The first-order valence-electron chi connectivity index (χ1n) is 8.62. The molecule has 0 fully saturated rings. The standard InChI is InChI=1S/C19H30N4O2.HI/c1-5-25-17-10-8-16(9-11-17)15(4)23-18(24)7-6-12-21-19(20)22-13-14(2)3;/h8-11,15H,2,5-7,12-13H2,1,3-4H3,(H,23,24)(H3,20,21,22);1H. The van der Waals surface area contributed by atoms with Gasteiger partial charge in [-0.25, -0.2) is 4.99 Å². The van der Waals surface area contributed by atoms with E-state index in [1.54, 1.807) is 0 Å². The van der Waals surface area contributed by atoms with Gasteiger partial charge in [-0.05, 0) is 44.9 Å².